The number of allylic oxidation sites excluding steroid dienone is 1. The normalized spacial score (nSPS) is 20.5. The number of carbonyl (C=O) groups excluding carboxylic acids is 2. The summed E-state index contributed by atoms with van der Waals surface area (Å²) in [6.07, 6.45) is -1.79. The van der Waals surface area contributed by atoms with Crippen molar-refractivity contribution in [2.24, 2.45) is 0 Å². The van der Waals surface area contributed by atoms with Crippen LogP contribution in [0.2, 0.25) is 0 Å². The minimum atomic E-state index is -1.79. The van der Waals surface area contributed by atoms with E-state index in [-0.39, 0.29) is 23.3 Å². The van der Waals surface area contributed by atoms with Crippen molar-refractivity contribution >= 4 is 11.9 Å². The van der Waals surface area contributed by atoms with E-state index in [0.717, 1.165) is 20.1 Å². The summed E-state index contributed by atoms with van der Waals surface area (Å²) in [6.45, 7) is 2.58. The monoisotopic (exact) mass is 367 g/mol. The summed E-state index contributed by atoms with van der Waals surface area (Å²) >= 11 is 0. The van der Waals surface area contributed by atoms with Crippen LogP contribution in [0.25, 0.3) is 0 Å². The minimum Gasteiger partial charge on any atom is -0.466 e. The summed E-state index contributed by atoms with van der Waals surface area (Å²) in [5.74, 6) is -4.78. The fourth-order valence-corrected chi connectivity index (χ4v) is 3.42. The highest BCUT2D eigenvalue weighted by Gasteiger charge is 2.43. The van der Waals surface area contributed by atoms with Crippen molar-refractivity contribution in [2.75, 3.05) is 13.7 Å². The van der Waals surface area contributed by atoms with Crippen LogP contribution in [-0.2, 0) is 19.1 Å². The fraction of sp³-hybridized carbons (Fsp3) is 0.333. The first-order chi connectivity index (χ1) is 12.3. The molecule has 0 amide bonds. The first kappa shape index (κ1) is 18.0. The number of benzene rings is 1. The van der Waals surface area contributed by atoms with Gasteiger partial charge in [-0.05, 0) is 25.5 Å². The number of cyclic esters (lactones) is 1. The molecular weight excluding hydrogens is 351 g/mol. The van der Waals surface area contributed by atoms with Crippen molar-refractivity contribution in [3.05, 3.63) is 57.4 Å². The zero-order valence-electron chi connectivity index (χ0n) is 14.3. The minimum absolute atomic E-state index is 0.0166. The van der Waals surface area contributed by atoms with Crippen LogP contribution >= 0.6 is 0 Å². The average Bonchev–Trinajstić information content (AvgIpc) is 2.92. The molecule has 26 heavy (non-hydrogen) atoms. The quantitative estimate of drug-likeness (QED) is 0.833. The molecule has 3 rings (SSSR count). The number of nitrogens with one attached hydrogen (secondary N) is 1. The van der Waals surface area contributed by atoms with E-state index in [0.29, 0.717) is 17.5 Å². The average molecular weight is 367 g/mol. The lowest BCUT2D eigenvalue weighted by atomic mass is 9.78. The molecule has 2 atom stereocenters. The van der Waals surface area contributed by atoms with Gasteiger partial charge in [-0.15, -0.1) is 0 Å². The Bertz CT molecular complexity index is 873. The molecule has 1 aromatic carbocycles. The molecule has 1 N–H and O–H groups in total. The number of halogens is 3. The van der Waals surface area contributed by atoms with E-state index in [4.69, 9.17) is 9.47 Å². The molecule has 8 heteroatoms. The second-order valence-corrected chi connectivity index (χ2v) is 6.06. The number of esters is 2. The summed E-state index contributed by atoms with van der Waals surface area (Å²) in [6, 6.07) is 1.49. The van der Waals surface area contributed by atoms with E-state index in [1.807, 2.05) is 0 Å². The Morgan fingerprint density at radius 1 is 1.38 bits per heavy atom. The largest absolute Gasteiger partial charge is 0.466 e. The molecule has 0 saturated heterocycles. The third kappa shape index (κ3) is 2.75. The topological polar surface area (TPSA) is 64.6 Å². The Kier molecular flexibility index (Phi) is 4.52. The van der Waals surface area contributed by atoms with Crippen molar-refractivity contribution in [3.8, 4) is 0 Å². The summed E-state index contributed by atoms with van der Waals surface area (Å²) in [7, 11) is 1.14. The third-order valence-electron chi connectivity index (χ3n) is 4.45. The molecule has 2 aliphatic rings. The number of carbonyl (C=O) groups is 2. The molecule has 1 aromatic rings. The Labute approximate surface area is 147 Å². The summed E-state index contributed by atoms with van der Waals surface area (Å²) in [4.78, 5) is 24.6. The summed E-state index contributed by atoms with van der Waals surface area (Å²) in [5.41, 5.74) is 0.123. The van der Waals surface area contributed by atoms with Crippen LogP contribution < -0.4 is 5.32 Å². The van der Waals surface area contributed by atoms with Crippen LogP contribution in [0.15, 0.2) is 34.7 Å². The molecule has 0 aliphatic carbocycles. The van der Waals surface area contributed by atoms with Crippen molar-refractivity contribution in [3.63, 3.8) is 0 Å². The van der Waals surface area contributed by atoms with E-state index in [1.165, 1.54) is 0 Å². The van der Waals surface area contributed by atoms with Gasteiger partial charge in [0.15, 0.2) is 0 Å². The van der Waals surface area contributed by atoms with E-state index >= 15 is 0 Å². The van der Waals surface area contributed by atoms with E-state index < -0.39 is 41.2 Å². The first-order valence-electron chi connectivity index (χ1n) is 7.85. The number of dihydropyridines is 1. The van der Waals surface area contributed by atoms with Gasteiger partial charge in [-0.3, -0.25) is 0 Å². The van der Waals surface area contributed by atoms with Crippen LogP contribution in [0.1, 0.15) is 37.1 Å². The zero-order chi connectivity index (χ0) is 19.2. The molecule has 0 saturated carbocycles. The Hall–Kier alpha value is -2.77. The smallest absolute Gasteiger partial charge is 0.337 e. The van der Waals surface area contributed by atoms with Crippen molar-refractivity contribution in [1.29, 1.82) is 0 Å². The zero-order valence-corrected chi connectivity index (χ0v) is 14.3. The number of rotatable bonds is 3. The van der Waals surface area contributed by atoms with Crippen LogP contribution in [0.3, 0.4) is 0 Å². The maximum Gasteiger partial charge on any atom is 0.337 e. The SMILES string of the molecule is COC(=O)C1=C(C)NC2=C(C(=O)OC2)[C@H]1c1cc(F)cc(F)c1C(C)F. The fourth-order valence-electron chi connectivity index (χ4n) is 3.42. The molecule has 0 bridgehead atoms. The standard InChI is InChI=1S/C18H16F3NO4/c1-7(19)13-10(4-9(20)5-11(13)21)15-14(17(23)25-3)8(2)22-12-6-26-18(24)16(12)15/h4-5,7,15,22H,6H2,1-3H3/t7?,15-/m0/s1. The van der Waals surface area contributed by atoms with E-state index in [2.05, 4.69) is 5.32 Å². The Balaban J connectivity index is 2.33. The molecular formula is C18H16F3NO4. The van der Waals surface area contributed by atoms with Crippen LogP contribution in [0.5, 0.6) is 0 Å². The lowest BCUT2D eigenvalue weighted by Crippen LogP contribution is -2.30. The van der Waals surface area contributed by atoms with Crippen LogP contribution in [-0.4, -0.2) is 25.7 Å². The van der Waals surface area contributed by atoms with Gasteiger partial charge in [-0.1, -0.05) is 0 Å². The lowest BCUT2D eigenvalue weighted by molar-refractivity contribution is -0.136. The Morgan fingerprint density at radius 2 is 2.08 bits per heavy atom. The van der Waals surface area contributed by atoms with Gasteiger partial charge in [0.05, 0.1) is 29.9 Å². The molecule has 1 unspecified atom stereocenters. The van der Waals surface area contributed by atoms with Gasteiger partial charge >= 0.3 is 11.9 Å². The van der Waals surface area contributed by atoms with Gasteiger partial charge in [-0.25, -0.2) is 22.8 Å². The van der Waals surface area contributed by atoms with Crippen LogP contribution in [0, 0.1) is 11.6 Å². The maximum atomic E-state index is 14.3. The van der Waals surface area contributed by atoms with Gasteiger partial charge in [0.1, 0.15) is 24.4 Å². The van der Waals surface area contributed by atoms with Crippen molar-refractivity contribution in [1.82, 2.24) is 5.32 Å². The first-order valence-corrected chi connectivity index (χ1v) is 7.85. The van der Waals surface area contributed by atoms with E-state index in [9.17, 15) is 22.8 Å². The molecule has 0 spiro atoms. The highest BCUT2D eigenvalue weighted by molar-refractivity contribution is 6.01. The highest BCUT2D eigenvalue weighted by atomic mass is 19.1. The van der Waals surface area contributed by atoms with Gasteiger partial charge in [0.2, 0.25) is 0 Å². The van der Waals surface area contributed by atoms with Gasteiger partial charge in [0.25, 0.3) is 0 Å². The highest BCUT2D eigenvalue weighted by Crippen LogP contribution is 2.44. The number of alkyl halides is 1. The third-order valence-corrected chi connectivity index (χ3v) is 4.45. The molecule has 0 aromatic heterocycles. The molecule has 5 nitrogen and oxygen atoms in total. The second-order valence-electron chi connectivity index (χ2n) is 6.06. The predicted octanol–water partition coefficient (Wildman–Crippen LogP) is 2.94. The summed E-state index contributed by atoms with van der Waals surface area (Å²) < 4.78 is 52.1. The predicted molar refractivity (Wildman–Crippen MR) is 84.5 cm³/mol. The van der Waals surface area contributed by atoms with Gasteiger partial charge < -0.3 is 14.8 Å². The molecule has 138 valence electrons. The molecule has 2 aliphatic heterocycles. The maximum absolute atomic E-state index is 14.3. The second kappa shape index (κ2) is 6.51. The lowest BCUT2D eigenvalue weighted by Gasteiger charge is -2.29. The molecule has 0 radical (unpaired) electrons. The van der Waals surface area contributed by atoms with E-state index in [1.54, 1.807) is 6.92 Å². The van der Waals surface area contributed by atoms with Crippen molar-refractivity contribution < 1.29 is 32.2 Å². The number of hydrogen-bond donors (Lipinski definition) is 1. The molecule has 0 fully saturated rings. The van der Waals surface area contributed by atoms with Crippen LogP contribution in [0.4, 0.5) is 13.2 Å². The van der Waals surface area contributed by atoms with Gasteiger partial charge in [0, 0.05) is 17.3 Å². The number of methoxy groups -OCH3 is 1. The van der Waals surface area contributed by atoms with Gasteiger partial charge in [-0.2, -0.15) is 0 Å². The Morgan fingerprint density at radius 3 is 2.69 bits per heavy atom. The molecule has 2 heterocycles. The number of ether oxygens (including phenoxy) is 2. The number of hydrogen-bond acceptors (Lipinski definition) is 5. The summed E-state index contributed by atoms with van der Waals surface area (Å²) in [5, 5.41) is 2.88. The van der Waals surface area contributed by atoms with Crippen molar-refractivity contribution in [2.45, 2.75) is 25.9 Å².